The molecule has 0 bridgehead atoms. The lowest BCUT2D eigenvalue weighted by Crippen LogP contribution is -2.32. The molecule has 0 aliphatic rings. The molecule has 6 nitrogen and oxygen atoms in total. The Morgan fingerprint density at radius 1 is 1.23 bits per heavy atom. The smallest absolute Gasteiger partial charge is 0.291 e. The number of aromatic nitrogens is 3. The van der Waals surface area contributed by atoms with Gasteiger partial charge in [0.1, 0.15) is 11.6 Å². The molecule has 0 saturated heterocycles. The molecular formula is C19H18N4O2S. The number of carbonyl (C=O) groups excluding carboxylic acids is 1. The number of fused-ring (bicyclic) bond motifs is 3. The molecule has 1 N–H and O–H groups in total. The summed E-state index contributed by atoms with van der Waals surface area (Å²) in [6.07, 6.45) is 1.69. The van der Waals surface area contributed by atoms with Crippen LogP contribution in [-0.4, -0.2) is 20.3 Å². The van der Waals surface area contributed by atoms with Gasteiger partial charge in [0.15, 0.2) is 0 Å². The van der Waals surface area contributed by atoms with Crippen molar-refractivity contribution in [2.24, 2.45) is 7.05 Å². The maximum absolute atomic E-state index is 12.8. The van der Waals surface area contributed by atoms with Crippen LogP contribution in [0.1, 0.15) is 17.8 Å². The Balaban J connectivity index is 1.82. The average molecular weight is 366 g/mol. The number of thiophene rings is 1. The molecule has 0 fully saturated rings. The van der Waals surface area contributed by atoms with Gasteiger partial charge in [-0.1, -0.05) is 24.3 Å². The maximum atomic E-state index is 12.8. The molecule has 7 heteroatoms. The van der Waals surface area contributed by atoms with Gasteiger partial charge in [-0.2, -0.15) is 5.10 Å². The lowest BCUT2D eigenvalue weighted by atomic mass is 10.2. The number of benzene rings is 1. The zero-order valence-electron chi connectivity index (χ0n) is 14.5. The van der Waals surface area contributed by atoms with Crippen LogP contribution in [0.2, 0.25) is 0 Å². The van der Waals surface area contributed by atoms with Gasteiger partial charge in [0.2, 0.25) is 5.91 Å². The highest BCUT2D eigenvalue weighted by Gasteiger charge is 2.23. The first kappa shape index (κ1) is 16.5. The van der Waals surface area contributed by atoms with E-state index in [2.05, 4.69) is 10.4 Å². The molecular weight excluding hydrogens is 348 g/mol. The Hall–Kier alpha value is -2.93. The maximum Gasteiger partial charge on any atom is 0.291 e. The molecule has 1 aromatic carbocycles. The van der Waals surface area contributed by atoms with E-state index >= 15 is 0 Å². The van der Waals surface area contributed by atoms with Gasteiger partial charge in [0.25, 0.3) is 5.56 Å². The topological polar surface area (TPSA) is 68.9 Å². The van der Waals surface area contributed by atoms with Crippen molar-refractivity contribution in [2.75, 3.05) is 0 Å². The Morgan fingerprint density at radius 3 is 2.81 bits per heavy atom. The van der Waals surface area contributed by atoms with Gasteiger partial charge in [-0.05, 0) is 24.4 Å². The summed E-state index contributed by atoms with van der Waals surface area (Å²) in [5.41, 5.74) is 1.14. The van der Waals surface area contributed by atoms with Gasteiger partial charge < -0.3 is 9.88 Å². The molecule has 0 aliphatic carbocycles. The third-order valence-electron chi connectivity index (χ3n) is 4.59. The Morgan fingerprint density at radius 2 is 2.04 bits per heavy atom. The van der Waals surface area contributed by atoms with Crippen LogP contribution in [0, 0.1) is 0 Å². The van der Waals surface area contributed by atoms with Crippen molar-refractivity contribution in [2.45, 2.75) is 19.5 Å². The number of nitrogens with zero attached hydrogens (tertiary/aromatic N) is 3. The standard InChI is InChI=1S/C19H18N4O2S/c1-12(18(24)20-10-13-6-5-9-26-13)23-16-8-4-3-7-14(16)15-11-21-22(2)19(25)17(15)23/h3-9,11-12H,10H2,1-2H3,(H,20,24). The molecule has 3 heterocycles. The quantitative estimate of drug-likeness (QED) is 0.604. The van der Waals surface area contributed by atoms with Crippen molar-refractivity contribution in [1.82, 2.24) is 19.7 Å². The van der Waals surface area contributed by atoms with Crippen molar-refractivity contribution >= 4 is 39.0 Å². The molecule has 4 rings (SSSR count). The van der Waals surface area contributed by atoms with E-state index in [0.29, 0.717) is 12.1 Å². The highest BCUT2D eigenvalue weighted by atomic mass is 32.1. The van der Waals surface area contributed by atoms with Gasteiger partial charge >= 0.3 is 0 Å². The normalized spacial score (nSPS) is 12.5. The third-order valence-corrected chi connectivity index (χ3v) is 5.47. The monoisotopic (exact) mass is 366 g/mol. The summed E-state index contributed by atoms with van der Waals surface area (Å²) in [5.74, 6) is -0.125. The van der Waals surface area contributed by atoms with Gasteiger partial charge in [-0.15, -0.1) is 11.3 Å². The summed E-state index contributed by atoms with van der Waals surface area (Å²) in [6, 6.07) is 11.1. The molecule has 1 atom stereocenters. The van der Waals surface area contributed by atoms with Crippen LogP contribution in [0.5, 0.6) is 0 Å². The number of carbonyl (C=O) groups is 1. The molecule has 0 saturated carbocycles. The Kier molecular flexibility index (Phi) is 4.08. The second-order valence-electron chi connectivity index (χ2n) is 6.20. The van der Waals surface area contributed by atoms with E-state index in [0.717, 1.165) is 21.2 Å². The summed E-state index contributed by atoms with van der Waals surface area (Å²) >= 11 is 1.60. The van der Waals surface area contributed by atoms with E-state index in [1.54, 1.807) is 24.6 Å². The van der Waals surface area contributed by atoms with Crippen molar-refractivity contribution in [3.8, 4) is 0 Å². The van der Waals surface area contributed by atoms with Gasteiger partial charge in [0.05, 0.1) is 18.3 Å². The van der Waals surface area contributed by atoms with Crippen molar-refractivity contribution in [3.63, 3.8) is 0 Å². The van der Waals surface area contributed by atoms with Crippen molar-refractivity contribution in [3.05, 3.63) is 63.2 Å². The number of amides is 1. The van der Waals surface area contributed by atoms with E-state index in [4.69, 9.17) is 0 Å². The fourth-order valence-electron chi connectivity index (χ4n) is 3.24. The summed E-state index contributed by atoms with van der Waals surface area (Å²) < 4.78 is 3.12. The zero-order valence-corrected chi connectivity index (χ0v) is 15.3. The Bertz CT molecular complexity index is 1160. The number of hydrogen-bond donors (Lipinski definition) is 1. The van der Waals surface area contributed by atoms with E-state index < -0.39 is 6.04 Å². The molecule has 1 unspecified atom stereocenters. The van der Waals surface area contributed by atoms with Gasteiger partial charge in [0, 0.05) is 22.7 Å². The third kappa shape index (κ3) is 2.61. The molecule has 26 heavy (non-hydrogen) atoms. The second kappa shape index (κ2) is 6.42. The van der Waals surface area contributed by atoms with Crippen molar-refractivity contribution < 1.29 is 4.79 Å². The first-order valence-electron chi connectivity index (χ1n) is 8.33. The van der Waals surface area contributed by atoms with Crippen molar-refractivity contribution in [1.29, 1.82) is 0 Å². The zero-order chi connectivity index (χ0) is 18.3. The van der Waals surface area contributed by atoms with Crippen LogP contribution in [0.15, 0.2) is 52.8 Å². The molecule has 1 amide bonds. The van der Waals surface area contributed by atoms with Crippen LogP contribution in [0.3, 0.4) is 0 Å². The van der Waals surface area contributed by atoms with Gasteiger partial charge in [-0.3, -0.25) is 9.59 Å². The summed E-state index contributed by atoms with van der Waals surface area (Å²) in [5, 5.41) is 10.8. The summed E-state index contributed by atoms with van der Waals surface area (Å²) in [6.45, 7) is 2.30. The minimum Gasteiger partial charge on any atom is -0.349 e. The van der Waals surface area contributed by atoms with E-state index in [1.165, 1.54) is 4.68 Å². The molecule has 0 aliphatic heterocycles. The summed E-state index contributed by atoms with van der Waals surface area (Å²) in [7, 11) is 1.62. The minimum atomic E-state index is -0.521. The number of para-hydroxylation sites is 1. The van der Waals surface area contributed by atoms with E-state index in [9.17, 15) is 9.59 Å². The molecule has 3 aromatic heterocycles. The predicted molar refractivity (Wildman–Crippen MR) is 103 cm³/mol. The molecule has 132 valence electrons. The van der Waals surface area contributed by atoms with Crippen LogP contribution >= 0.6 is 11.3 Å². The first-order valence-corrected chi connectivity index (χ1v) is 9.21. The number of hydrogen-bond acceptors (Lipinski definition) is 4. The van der Waals surface area contributed by atoms with Crippen LogP contribution in [0.4, 0.5) is 0 Å². The van der Waals surface area contributed by atoms with Crippen LogP contribution < -0.4 is 10.9 Å². The fourth-order valence-corrected chi connectivity index (χ4v) is 3.89. The largest absolute Gasteiger partial charge is 0.349 e. The number of aryl methyl sites for hydroxylation is 1. The molecule has 0 radical (unpaired) electrons. The van der Waals surface area contributed by atoms with E-state index in [1.807, 2.05) is 53.3 Å². The van der Waals surface area contributed by atoms with E-state index in [-0.39, 0.29) is 11.5 Å². The Labute approximate surface area is 153 Å². The van der Waals surface area contributed by atoms with Crippen LogP contribution in [-0.2, 0) is 18.4 Å². The average Bonchev–Trinajstić information content (AvgIpc) is 3.28. The lowest BCUT2D eigenvalue weighted by Gasteiger charge is -2.16. The first-order chi connectivity index (χ1) is 12.6. The minimum absolute atomic E-state index is 0.125. The summed E-state index contributed by atoms with van der Waals surface area (Å²) in [4.78, 5) is 26.6. The number of nitrogens with one attached hydrogen (secondary N) is 1. The molecule has 0 spiro atoms. The SMILES string of the molecule is CC(C(=O)NCc1cccs1)n1c2ccccc2c2cnn(C)c(=O)c21. The number of rotatable bonds is 4. The van der Waals surface area contributed by atoms with Crippen LogP contribution in [0.25, 0.3) is 21.8 Å². The second-order valence-corrected chi connectivity index (χ2v) is 7.23. The lowest BCUT2D eigenvalue weighted by molar-refractivity contribution is -0.123. The highest BCUT2D eigenvalue weighted by Crippen LogP contribution is 2.29. The highest BCUT2D eigenvalue weighted by molar-refractivity contribution is 7.09. The predicted octanol–water partition coefficient (Wildman–Crippen LogP) is 2.83. The molecule has 4 aromatic rings. The van der Waals surface area contributed by atoms with Gasteiger partial charge in [-0.25, -0.2) is 4.68 Å². The fraction of sp³-hybridized carbons (Fsp3) is 0.211.